The van der Waals surface area contributed by atoms with Crippen LogP contribution in [0.15, 0.2) is 28.8 Å². The minimum atomic E-state index is -0.863. The summed E-state index contributed by atoms with van der Waals surface area (Å²) in [4.78, 5) is 46.5. The number of Topliss-reactive ketones (excluding diaryl/α,β-unsaturated/α-hetero) is 1. The summed E-state index contributed by atoms with van der Waals surface area (Å²) >= 11 is 0. The Balaban J connectivity index is 1.45. The van der Waals surface area contributed by atoms with Crippen molar-refractivity contribution in [2.75, 3.05) is 6.54 Å². The molecular formula is C31H45N5O5. The van der Waals surface area contributed by atoms with Crippen molar-refractivity contribution in [3.63, 3.8) is 0 Å². The molecule has 0 radical (unpaired) electrons. The monoisotopic (exact) mass is 567 g/mol. The lowest BCUT2D eigenvalue weighted by Crippen LogP contribution is -2.57. The molecule has 2 unspecified atom stereocenters. The van der Waals surface area contributed by atoms with Gasteiger partial charge in [0.05, 0.1) is 18.3 Å². The zero-order valence-electron chi connectivity index (χ0n) is 24.9. The highest BCUT2D eigenvalue weighted by Gasteiger charge is 2.55. The molecule has 3 aliphatic heterocycles. The van der Waals surface area contributed by atoms with Gasteiger partial charge in [0.2, 0.25) is 5.91 Å². The molecular weight excluding hydrogens is 522 g/mol. The van der Waals surface area contributed by atoms with Crippen LogP contribution in [-0.4, -0.2) is 65.4 Å². The van der Waals surface area contributed by atoms with Crippen molar-refractivity contribution in [2.24, 2.45) is 34.1 Å². The summed E-state index contributed by atoms with van der Waals surface area (Å²) in [5.41, 5.74) is 0.198. The molecule has 0 aromatic rings. The second-order valence-electron chi connectivity index (χ2n) is 13.5. The molecule has 2 bridgehead atoms. The number of hydrogen-bond donors (Lipinski definition) is 3. The van der Waals surface area contributed by atoms with E-state index in [-0.39, 0.29) is 30.3 Å². The lowest BCUT2D eigenvalue weighted by atomic mass is 9.85. The minimum absolute atomic E-state index is 0.119. The second-order valence-corrected chi connectivity index (χ2v) is 13.5. The summed E-state index contributed by atoms with van der Waals surface area (Å²) in [7, 11) is 0. The third-order valence-corrected chi connectivity index (χ3v) is 9.53. The quantitative estimate of drug-likeness (QED) is 0.426. The van der Waals surface area contributed by atoms with Crippen molar-refractivity contribution < 1.29 is 23.9 Å². The molecule has 4 fully saturated rings. The molecule has 5 rings (SSSR count). The largest absolute Gasteiger partial charge is 0.485 e. The van der Waals surface area contributed by atoms with E-state index in [2.05, 4.69) is 10.6 Å². The molecule has 5 aliphatic rings. The molecule has 224 valence electrons. The van der Waals surface area contributed by atoms with Gasteiger partial charge in [0.1, 0.15) is 24.1 Å². The van der Waals surface area contributed by atoms with Gasteiger partial charge in [-0.25, -0.2) is 9.79 Å². The number of allylic oxidation sites excluding steroid dienone is 2. The molecule has 10 nitrogen and oxygen atoms in total. The number of ether oxygens (including phenoxy) is 2. The van der Waals surface area contributed by atoms with Gasteiger partial charge in [0, 0.05) is 18.3 Å². The van der Waals surface area contributed by atoms with E-state index in [0.29, 0.717) is 35.8 Å². The number of nitrogens with one attached hydrogen (secondary N) is 3. The Morgan fingerprint density at radius 3 is 2.61 bits per heavy atom. The van der Waals surface area contributed by atoms with E-state index in [9.17, 15) is 14.4 Å². The predicted octanol–water partition coefficient (Wildman–Crippen LogP) is 4.31. The second kappa shape index (κ2) is 11.6. The van der Waals surface area contributed by atoms with Crippen LogP contribution in [0.1, 0.15) is 79.6 Å². The Bertz CT molecular complexity index is 1170. The molecule has 8 atom stereocenters. The van der Waals surface area contributed by atoms with Gasteiger partial charge in [-0.3, -0.25) is 9.59 Å². The van der Waals surface area contributed by atoms with Crippen molar-refractivity contribution in [3.8, 4) is 0 Å². The predicted molar refractivity (Wildman–Crippen MR) is 155 cm³/mol. The summed E-state index contributed by atoms with van der Waals surface area (Å²) in [5, 5.41) is 13.4. The smallest absolute Gasteiger partial charge is 0.408 e. The fourth-order valence-electron chi connectivity index (χ4n) is 7.29. The van der Waals surface area contributed by atoms with E-state index in [1.165, 1.54) is 19.6 Å². The summed E-state index contributed by atoms with van der Waals surface area (Å²) in [6.07, 6.45) is 10.3. The minimum Gasteiger partial charge on any atom is -0.485 e. The fraction of sp³-hybridized carbons (Fsp3) is 0.710. The molecule has 0 spiro atoms. The van der Waals surface area contributed by atoms with Crippen molar-refractivity contribution in [2.45, 2.75) is 104 Å². The summed E-state index contributed by atoms with van der Waals surface area (Å²) < 4.78 is 12.5. The van der Waals surface area contributed by atoms with Gasteiger partial charge in [0.15, 0.2) is 11.5 Å². The van der Waals surface area contributed by atoms with Crippen molar-refractivity contribution in [1.29, 1.82) is 5.41 Å². The van der Waals surface area contributed by atoms with E-state index < -0.39 is 29.7 Å². The van der Waals surface area contributed by atoms with Gasteiger partial charge >= 0.3 is 6.09 Å². The normalized spacial score (nSPS) is 37.0. The number of nitrogens with zero attached hydrogens (tertiary/aromatic N) is 2. The van der Waals surface area contributed by atoms with Gasteiger partial charge in [-0.15, -0.1) is 0 Å². The number of ketones is 1. The molecule has 3 heterocycles. The van der Waals surface area contributed by atoms with Crippen LogP contribution in [0.5, 0.6) is 0 Å². The number of alkyl carbamates (subject to hydrolysis) is 1. The molecule has 0 aromatic heterocycles. The fourth-order valence-corrected chi connectivity index (χ4v) is 7.29. The Morgan fingerprint density at radius 1 is 1.12 bits per heavy atom. The number of amides is 2. The van der Waals surface area contributed by atoms with Crippen LogP contribution in [0.4, 0.5) is 4.79 Å². The van der Waals surface area contributed by atoms with Crippen LogP contribution in [0.3, 0.4) is 0 Å². The van der Waals surface area contributed by atoms with Gasteiger partial charge in [0.25, 0.3) is 0 Å². The SMILES string of the molecule is CC(=O)[C@@H]1[C@H](C)[C@@H]2CN1C(=O)[C@H](C(C)(C)C)NC(=O)O[C@@H]1CC3CC3[C@H]1CCCCCC1=N/C(=C/C=N)NC=C1O2. The van der Waals surface area contributed by atoms with E-state index >= 15 is 0 Å². The first kappa shape index (κ1) is 29.3. The highest BCUT2D eigenvalue weighted by Crippen LogP contribution is 2.57. The first-order valence-corrected chi connectivity index (χ1v) is 15.2. The first-order chi connectivity index (χ1) is 19.5. The lowest BCUT2D eigenvalue weighted by molar-refractivity contribution is -0.141. The molecule has 41 heavy (non-hydrogen) atoms. The summed E-state index contributed by atoms with van der Waals surface area (Å²) in [5.74, 6) is 2.12. The Kier molecular flexibility index (Phi) is 8.30. The maximum Gasteiger partial charge on any atom is 0.408 e. The van der Waals surface area contributed by atoms with Gasteiger partial charge in [-0.2, -0.15) is 0 Å². The van der Waals surface area contributed by atoms with Crippen LogP contribution in [0, 0.1) is 34.5 Å². The highest BCUT2D eigenvalue weighted by molar-refractivity contribution is 6.00. The van der Waals surface area contributed by atoms with Crippen LogP contribution >= 0.6 is 0 Å². The Labute approximate surface area is 242 Å². The molecule has 0 aromatic carbocycles. The zero-order valence-corrected chi connectivity index (χ0v) is 24.9. The average molecular weight is 568 g/mol. The average Bonchev–Trinajstić information content (AvgIpc) is 3.46. The molecule has 2 aliphatic carbocycles. The van der Waals surface area contributed by atoms with Crippen LogP contribution in [0.2, 0.25) is 0 Å². The molecule has 2 amide bonds. The van der Waals surface area contributed by atoms with Crippen LogP contribution < -0.4 is 10.6 Å². The third-order valence-electron chi connectivity index (χ3n) is 9.53. The third kappa shape index (κ3) is 6.21. The number of carbonyl (C=O) groups excluding carboxylic acids is 3. The molecule has 2 saturated carbocycles. The Hall–Kier alpha value is -3.17. The standard InChI is InChI=1S/C31H45N5O5/c1-17-25-16-36(27(17)18(2)37)29(38)28(31(3,4)5)35-30(39)41-23-14-19-13-21(19)20(23)9-7-6-8-10-22-24(40-25)15-33-26(34-22)11-12-32/h11-12,15,17,19-21,23,25,27-28,32-33H,6-10,13-14,16H2,1-5H3,(H,35,39)/b26-11+,32-12?/t17-,19?,20-,21?,23-,25+,27+,28-/m1/s1. The van der Waals surface area contributed by atoms with Crippen molar-refractivity contribution >= 4 is 29.7 Å². The molecule has 2 saturated heterocycles. The van der Waals surface area contributed by atoms with E-state index in [0.717, 1.165) is 37.8 Å². The number of fused-ring (bicyclic) bond motifs is 6. The molecule has 10 heteroatoms. The van der Waals surface area contributed by atoms with E-state index in [4.69, 9.17) is 19.9 Å². The van der Waals surface area contributed by atoms with Gasteiger partial charge in [-0.1, -0.05) is 40.5 Å². The maximum absolute atomic E-state index is 14.1. The number of rotatable bonds is 2. The maximum atomic E-state index is 14.1. The lowest BCUT2D eigenvalue weighted by Gasteiger charge is -2.35. The summed E-state index contributed by atoms with van der Waals surface area (Å²) in [6.45, 7) is 9.38. The van der Waals surface area contributed by atoms with Crippen LogP contribution in [-0.2, 0) is 19.1 Å². The number of aliphatic imine (C=N–C) groups is 1. The number of hydrogen-bond acceptors (Lipinski definition) is 8. The van der Waals surface area contributed by atoms with Crippen molar-refractivity contribution in [1.82, 2.24) is 15.5 Å². The first-order valence-electron chi connectivity index (χ1n) is 15.2. The zero-order chi connectivity index (χ0) is 29.5. The summed E-state index contributed by atoms with van der Waals surface area (Å²) in [6, 6.07) is -1.54. The van der Waals surface area contributed by atoms with Crippen LogP contribution in [0.25, 0.3) is 0 Å². The number of carbonyl (C=O) groups is 3. The van der Waals surface area contributed by atoms with Gasteiger partial charge < -0.3 is 30.4 Å². The van der Waals surface area contributed by atoms with E-state index in [1.807, 2.05) is 27.7 Å². The van der Waals surface area contributed by atoms with Crippen molar-refractivity contribution in [3.05, 3.63) is 23.9 Å². The molecule has 3 N–H and O–H groups in total. The topological polar surface area (TPSA) is 133 Å². The van der Waals surface area contributed by atoms with Gasteiger partial charge in [-0.05, 0) is 68.3 Å². The Morgan fingerprint density at radius 2 is 1.90 bits per heavy atom. The highest BCUT2D eigenvalue weighted by atomic mass is 16.6. The van der Waals surface area contributed by atoms with E-state index in [1.54, 1.807) is 17.2 Å².